The highest BCUT2D eigenvalue weighted by Crippen LogP contribution is 2.25. The monoisotopic (exact) mass is 302 g/mol. The molecular formula is C11H11ClN2O2S2. The molecule has 2 aromatic rings. The Hall–Kier alpha value is -1.08. The lowest BCUT2D eigenvalue weighted by Gasteiger charge is -2.07. The molecule has 0 aliphatic heterocycles. The van der Waals surface area contributed by atoms with Crippen LogP contribution in [-0.2, 0) is 16.6 Å². The van der Waals surface area contributed by atoms with Crippen molar-refractivity contribution in [3.63, 3.8) is 0 Å². The van der Waals surface area contributed by atoms with E-state index in [1.165, 1.54) is 11.3 Å². The maximum absolute atomic E-state index is 12.1. The van der Waals surface area contributed by atoms with E-state index in [2.05, 4.69) is 4.72 Å². The van der Waals surface area contributed by atoms with Gasteiger partial charge in [0.1, 0.15) is 0 Å². The van der Waals surface area contributed by atoms with Gasteiger partial charge in [0.05, 0.1) is 15.6 Å². The number of nitrogens with one attached hydrogen (secondary N) is 1. The van der Waals surface area contributed by atoms with Crippen molar-refractivity contribution in [3.05, 3.63) is 45.6 Å². The Morgan fingerprint density at radius 1 is 1.33 bits per heavy atom. The third-order valence-corrected chi connectivity index (χ3v) is 5.04. The van der Waals surface area contributed by atoms with Crippen LogP contribution in [0.5, 0.6) is 0 Å². The zero-order chi connectivity index (χ0) is 13.2. The lowest BCUT2D eigenvalue weighted by molar-refractivity contribution is 0.601. The predicted molar refractivity (Wildman–Crippen MR) is 74.5 cm³/mol. The third kappa shape index (κ3) is 2.84. The zero-order valence-electron chi connectivity index (χ0n) is 9.26. The van der Waals surface area contributed by atoms with E-state index in [1.54, 1.807) is 35.7 Å². The van der Waals surface area contributed by atoms with Crippen LogP contribution in [0, 0.1) is 0 Å². The molecule has 0 bridgehead atoms. The summed E-state index contributed by atoms with van der Waals surface area (Å²) in [6.07, 6.45) is 0. The summed E-state index contributed by atoms with van der Waals surface area (Å²) in [5, 5.41) is 1.91. The van der Waals surface area contributed by atoms with Crippen molar-refractivity contribution in [2.75, 3.05) is 4.72 Å². The van der Waals surface area contributed by atoms with Gasteiger partial charge in [-0.15, -0.1) is 11.3 Å². The number of benzene rings is 1. The summed E-state index contributed by atoms with van der Waals surface area (Å²) < 4.78 is 26.6. The van der Waals surface area contributed by atoms with Crippen molar-refractivity contribution in [2.45, 2.75) is 11.4 Å². The first-order valence-electron chi connectivity index (χ1n) is 5.08. The standard InChI is InChI=1S/C11H11ClN2O2S2/c12-10-3-1-2-4-11(10)14-18(15,16)9-5-8(6-13)17-7-9/h1-5,7,14H,6,13H2. The topological polar surface area (TPSA) is 72.2 Å². The molecule has 96 valence electrons. The highest BCUT2D eigenvalue weighted by molar-refractivity contribution is 7.92. The number of thiophene rings is 1. The van der Waals surface area contributed by atoms with Crippen molar-refractivity contribution in [1.29, 1.82) is 0 Å². The van der Waals surface area contributed by atoms with Crippen LogP contribution in [0.4, 0.5) is 5.69 Å². The maximum Gasteiger partial charge on any atom is 0.262 e. The van der Waals surface area contributed by atoms with Crippen molar-refractivity contribution in [2.24, 2.45) is 5.73 Å². The molecule has 1 heterocycles. The number of rotatable bonds is 4. The Morgan fingerprint density at radius 2 is 2.06 bits per heavy atom. The van der Waals surface area contributed by atoms with Crippen LogP contribution < -0.4 is 10.5 Å². The van der Waals surface area contributed by atoms with E-state index in [9.17, 15) is 8.42 Å². The van der Waals surface area contributed by atoms with Crippen molar-refractivity contribution in [1.82, 2.24) is 0 Å². The summed E-state index contributed by atoms with van der Waals surface area (Å²) in [5.41, 5.74) is 5.82. The fourth-order valence-corrected chi connectivity index (χ4v) is 3.83. The second-order valence-corrected chi connectivity index (χ2v) is 6.62. The molecule has 1 aromatic heterocycles. The minimum atomic E-state index is -3.60. The van der Waals surface area contributed by atoms with Gasteiger partial charge in [-0.1, -0.05) is 23.7 Å². The molecule has 0 unspecified atom stereocenters. The van der Waals surface area contributed by atoms with Crippen LogP contribution in [0.3, 0.4) is 0 Å². The van der Waals surface area contributed by atoms with Crippen molar-refractivity contribution < 1.29 is 8.42 Å². The molecule has 18 heavy (non-hydrogen) atoms. The quantitative estimate of drug-likeness (QED) is 0.912. The molecule has 0 aliphatic carbocycles. The molecule has 7 heteroatoms. The van der Waals surface area contributed by atoms with Crippen LogP contribution in [0.15, 0.2) is 40.6 Å². The molecule has 3 N–H and O–H groups in total. The molecule has 0 radical (unpaired) electrons. The molecule has 0 amide bonds. The molecule has 0 aliphatic rings. The van der Waals surface area contributed by atoms with Gasteiger partial charge in [0, 0.05) is 16.8 Å². The Kier molecular flexibility index (Phi) is 3.91. The van der Waals surface area contributed by atoms with Gasteiger partial charge < -0.3 is 5.73 Å². The van der Waals surface area contributed by atoms with Gasteiger partial charge in [-0.2, -0.15) is 0 Å². The average Bonchev–Trinajstić information content (AvgIpc) is 2.81. The summed E-state index contributed by atoms with van der Waals surface area (Å²) in [6.45, 7) is 0.326. The summed E-state index contributed by atoms with van der Waals surface area (Å²) in [7, 11) is -3.60. The number of hydrogen-bond acceptors (Lipinski definition) is 4. The summed E-state index contributed by atoms with van der Waals surface area (Å²) in [5.74, 6) is 0. The Morgan fingerprint density at radius 3 is 2.67 bits per heavy atom. The molecule has 0 saturated carbocycles. The van der Waals surface area contributed by atoms with E-state index in [-0.39, 0.29) is 4.90 Å². The van der Waals surface area contributed by atoms with Gasteiger partial charge in [-0.05, 0) is 18.2 Å². The van der Waals surface area contributed by atoms with Crippen LogP contribution in [0.1, 0.15) is 4.88 Å². The lowest BCUT2D eigenvalue weighted by Crippen LogP contribution is -2.12. The largest absolute Gasteiger partial charge is 0.326 e. The van der Waals surface area contributed by atoms with Crippen LogP contribution in [0.25, 0.3) is 0 Å². The normalized spacial score (nSPS) is 11.4. The molecule has 2 rings (SSSR count). The second-order valence-electron chi connectivity index (χ2n) is 3.54. The number of halogens is 1. The van der Waals surface area contributed by atoms with Crippen LogP contribution in [0.2, 0.25) is 5.02 Å². The molecule has 0 atom stereocenters. The van der Waals surface area contributed by atoms with E-state index in [4.69, 9.17) is 17.3 Å². The van der Waals surface area contributed by atoms with E-state index in [0.29, 0.717) is 17.3 Å². The SMILES string of the molecule is NCc1cc(S(=O)(=O)Nc2ccccc2Cl)cs1. The van der Waals surface area contributed by atoms with Gasteiger partial charge >= 0.3 is 0 Å². The zero-order valence-corrected chi connectivity index (χ0v) is 11.6. The summed E-state index contributed by atoms with van der Waals surface area (Å²) in [4.78, 5) is 1.02. The number of hydrogen-bond donors (Lipinski definition) is 2. The fourth-order valence-electron chi connectivity index (χ4n) is 1.36. The predicted octanol–water partition coefficient (Wildman–Crippen LogP) is 2.66. The van der Waals surface area contributed by atoms with Gasteiger partial charge in [0.15, 0.2) is 0 Å². The average molecular weight is 303 g/mol. The minimum absolute atomic E-state index is 0.202. The molecule has 0 spiro atoms. The van der Waals surface area contributed by atoms with E-state index >= 15 is 0 Å². The van der Waals surface area contributed by atoms with E-state index in [0.717, 1.165) is 4.88 Å². The lowest BCUT2D eigenvalue weighted by atomic mass is 10.3. The Balaban J connectivity index is 2.30. The third-order valence-electron chi connectivity index (χ3n) is 2.26. The second kappa shape index (κ2) is 5.27. The smallest absolute Gasteiger partial charge is 0.262 e. The molecule has 0 fully saturated rings. The fraction of sp³-hybridized carbons (Fsp3) is 0.0909. The highest BCUT2D eigenvalue weighted by atomic mass is 35.5. The molecule has 0 saturated heterocycles. The van der Waals surface area contributed by atoms with Crippen molar-refractivity contribution in [3.8, 4) is 0 Å². The maximum atomic E-state index is 12.1. The minimum Gasteiger partial charge on any atom is -0.326 e. The van der Waals surface area contributed by atoms with E-state index in [1.807, 2.05) is 0 Å². The highest BCUT2D eigenvalue weighted by Gasteiger charge is 2.17. The number of sulfonamides is 1. The summed E-state index contributed by atoms with van der Waals surface area (Å²) in [6, 6.07) is 8.23. The first kappa shape index (κ1) is 13.4. The van der Waals surface area contributed by atoms with Gasteiger partial charge in [0.2, 0.25) is 0 Å². The number of para-hydroxylation sites is 1. The van der Waals surface area contributed by atoms with Crippen LogP contribution >= 0.6 is 22.9 Å². The van der Waals surface area contributed by atoms with Gasteiger partial charge in [-0.3, -0.25) is 4.72 Å². The number of anilines is 1. The van der Waals surface area contributed by atoms with E-state index < -0.39 is 10.0 Å². The Bertz CT molecular complexity index is 653. The molecule has 4 nitrogen and oxygen atoms in total. The van der Waals surface area contributed by atoms with Gasteiger partial charge in [0.25, 0.3) is 10.0 Å². The molecule has 1 aromatic carbocycles. The molecular weight excluding hydrogens is 292 g/mol. The van der Waals surface area contributed by atoms with Gasteiger partial charge in [-0.25, -0.2) is 8.42 Å². The van der Waals surface area contributed by atoms with Crippen LogP contribution in [-0.4, -0.2) is 8.42 Å². The number of nitrogens with two attached hydrogens (primary N) is 1. The summed E-state index contributed by atoms with van der Waals surface area (Å²) >= 11 is 7.22. The first-order valence-corrected chi connectivity index (χ1v) is 7.82. The Labute approximate surface area is 114 Å². The first-order chi connectivity index (χ1) is 8.53. The van der Waals surface area contributed by atoms with Crippen molar-refractivity contribution >= 4 is 38.6 Å².